The van der Waals surface area contributed by atoms with Crippen molar-refractivity contribution in [1.29, 1.82) is 0 Å². The summed E-state index contributed by atoms with van der Waals surface area (Å²) in [7, 11) is 3.53. The van der Waals surface area contributed by atoms with Crippen molar-refractivity contribution in [2.45, 2.75) is 43.2 Å². The zero-order valence-electron chi connectivity index (χ0n) is 19.8. The van der Waals surface area contributed by atoms with Gasteiger partial charge in [-0.1, -0.05) is 0 Å². The molecule has 0 spiro atoms. The van der Waals surface area contributed by atoms with Crippen LogP contribution in [0.5, 0.6) is 0 Å². The molecule has 0 aromatic carbocycles. The van der Waals surface area contributed by atoms with Gasteiger partial charge in [-0.25, -0.2) is 14.4 Å². The Morgan fingerprint density at radius 2 is 2.00 bits per heavy atom. The molecule has 3 aromatic rings. The normalized spacial score (nSPS) is 19.9. The largest absolute Gasteiger partial charge is 0.370 e. The van der Waals surface area contributed by atoms with Crippen molar-refractivity contribution in [3.63, 3.8) is 0 Å². The molecule has 0 saturated heterocycles. The second kappa shape index (κ2) is 9.90. The highest BCUT2D eigenvalue weighted by atomic mass is 32.2. The van der Waals surface area contributed by atoms with Crippen LogP contribution in [0.15, 0.2) is 34.2 Å². The Balaban J connectivity index is 1.18. The summed E-state index contributed by atoms with van der Waals surface area (Å²) in [5.41, 5.74) is 1.36. The van der Waals surface area contributed by atoms with E-state index in [-0.39, 0.29) is 11.5 Å². The number of hydrogen-bond donors (Lipinski definition) is 2. The average Bonchev–Trinajstić information content (AvgIpc) is 2.85. The summed E-state index contributed by atoms with van der Waals surface area (Å²) in [5.74, 6) is 1.63. The molecule has 11 heteroatoms. The molecule has 1 aliphatic carbocycles. The molecule has 184 valence electrons. The molecular weight excluding hydrogens is 469 g/mol. The number of pyridine rings is 2. The van der Waals surface area contributed by atoms with Gasteiger partial charge >= 0.3 is 0 Å². The van der Waals surface area contributed by atoms with E-state index in [1.54, 1.807) is 19.3 Å². The average molecular weight is 498 g/mol. The highest BCUT2D eigenvalue weighted by molar-refractivity contribution is 8.00. The smallest absolute Gasteiger partial charge is 0.250 e. The van der Waals surface area contributed by atoms with E-state index in [1.165, 1.54) is 28.6 Å². The Morgan fingerprint density at radius 3 is 2.80 bits per heavy atom. The highest BCUT2D eigenvalue weighted by Gasteiger charge is 2.25. The molecule has 35 heavy (non-hydrogen) atoms. The molecule has 3 aromatic heterocycles. The predicted octanol–water partition coefficient (Wildman–Crippen LogP) is 2.69. The van der Waals surface area contributed by atoms with Gasteiger partial charge in [-0.15, -0.1) is 11.8 Å². The number of hydrogen-bond acceptors (Lipinski definition) is 8. The SMILES string of the molecule is CN(CC1CCC(NCc2ncc3c(n2)NC(=O)CS3)CC1)c1c(F)cnc2ccc(=O)n(C)c12. The first-order chi connectivity index (χ1) is 16.9. The highest BCUT2D eigenvalue weighted by Crippen LogP contribution is 2.31. The van der Waals surface area contributed by atoms with Gasteiger partial charge in [0.05, 0.1) is 34.4 Å². The summed E-state index contributed by atoms with van der Waals surface area (Å²) in [4.78, 5) is 39.6. The number of nitrogens with one attached hydrogen (secondary N) is 2. The van der Waals surface area contributed by atoms with Crippen molar-refractivity contribution in [3.8, 4) is 0 Å². The Labute approximate surface area is 206 Å². The number of aryl methyl sites for hydroxylation is 1. The molecule has 9 nitrogen and oxygen atoms in total. The Hall–Kier alpha value is -3.05. The van der Waals surface area contributed by atoms with Crippen molar-refractivity contribution in [2.75, 3.05) is 29.6 Å². The van der Waals surface area contributed by atoms with Gasteiger partial charge in [0.25, 0.3) is 5.56 Å². The van der Waals surface area contributed by atoms with Crippen LogP contribution in [0.25, 0.3) is 11.0 Å². The topological polar surface area (TPSA) is 105 Å². The Morgan fingerprint density at radius 1 is 1.20 bits per heavy atom. The van der Waals surface area contributed by atoms with Crippen molar-refractivity contribution >= 4 is 40.2 Å². The van der Waals surface area contributed by atoms with Crippen LogP contribution in [-0.2, 0) is 18.4 Å². The minimum absolute atomic E-state index is 0.0368. The van der Waals surface area contributed by atoms with Crippen molar-refractivity contribution in [1.82, 2.24) is 24.8 Å². The number of rotatable bonds is 6. The minimum Gasteiger partial charge on any atom is -0.370 e. The lowest BCUT2D eigenvalue weighted by Gasteiger charge is -2.33. The summed E-state index contributed by atoms with van der Waals surface area (Å²) in [6.07, 6.45) is 7.05. The molecule has 2 aliphatic rings. The van der Waals surface area contributed by atoms with Gasteiger partial charge in [-0.2, -0.15) is 0 Å². The fourth-order valence-corrected chi connectivity index (χ4v) is 5.65. The maximum absolute atomic E-state index is 14.8. The van der Waals surface area contributed by atoms with Crippen molar-refractivity contribution in [2.24, 2.45) is 13.0 Å². The third-order valence-corrected chi connectivity index (χ3v) is 7.81. The number of amides is 1. The lowest BCUT2D eigenvalue weighted by molar-refractivity contribution is -0.113. The number of anilines is 2. The first-order valence-corrected chi connectivity index (χ1v) is 12.7. The van der Waals surface area contributed by atoms with Gasteiger partial charge in [0.2, 0.25) is 5.91 Å². The van der Waals surface area contributed by atoms with Crippen LogP contribution >= 0.6 is 11.8 Å². The van der Waals surface area contributed by atoms with E-state index in [0.29, 0.717) is 59.2 Å². The van der Waals surface area contributed by atoms with Crippen LogP contribution in [0.3, 0.4) is 0 Å². The van der Waals surface area contributed by atoms with Crippen LogP contribution in [0, 0.1) is 11.7 Å². The van der Waals surface area contributed by atoms with Gasteiger partial charge in [0, 0.05) is 38.9 Å². The van der Waals surface area contributed by atoms with Crippen LogP contribution in [0.1, 0.15) is 31.5 Å². The van der Waals surface area contributed by atoms with Gasteiger partial charge in [-0.3, -0.25) is 14.6 Å². The number of fused-ring (bicyclic) bond motifs is 2. The zero-order chi connectivity index (χ0) is 24.5. The summed E-state index contributed by atoms with van der Waals surface area (Å²) in [6.45, 7) is 1.25. The quantitative estimate of drug-likeness (QED) is 0.536. The van der Waals surface area contributed by atoms with Crippen LogP contribution in [0.4, 0.5) is 15.9 Å². The van der Waals surface area contributed by atoms with Crippen LogP contribution < -0.4 is 21.1 Å². The van der Waals surface area contributed by atoms with Crippen molar-refractivity contribution < 1.29 is 9.18 Å². The van der Waals surface area contributed by atoms with Gasteiger partial charge < -0.3 is 20.1 Å². The standard InChI is InChI=1S/C24H28FN7O2S/c1-31(22-16(25)9-27-17-7-8-21(34)32(2)23(17)22)12-14-3-5-15(6-4-14)26-11-19-28-10-18-24(29-19)30-20(33)13-35-18/h7-10,14-15,26H,3-6,11-13H2,1-2H3,(H,28,29,30,33). The van der Waals surface area contributed by atoms with Gasteiger partial charge in [-0.05, 0) is 37.7 Å². The summed E-state index contributed by atoms with van der Waals surface area (Å²) in [5, 5.41) is 6.35. The van der Waals surface area contributed by atoms with Crippen molar-refractivity contribution in [3.05, 3.63) is 46.5 Å². The first-order valence-electron chi connectivity index (χ1n) is 11.8. The third-order valence-electron chi connectivity index (χ3n) is 6.79. The van der Waals surface area contributed by atoms with E-state index in [4.69, 9.17) is 0 Å². The van der Waals surface area contributed by atoms with E-state index >= 15 is 0 Å². The molecule has 0 unspecified atom stereocenters. The molecule has 1 saturated carbocycles. The van der Waals surface area contributed by atoms with E-state index in [0.717, 1.165) is 30.6 Å². The van der Waals surface area contributed by atoms with E-state index in [2.05, 4.69) is 25.6 Å². The van der Waals surface area contributed by atoms with Crippen LogP contribution in [0.2, 0.25) is 0 Å². The number of carbonyl (C=O) groups excluding carboxylic acids is 1. The van der Waals surface area contributed by atoms with Crippen LogP contribution in [-0.4, -0.2) is 50.8 Å². The second-order valence-corrected chi connectivity index (χ2v) is 10.3. The number of thioether (sulfide) groups is 1. The summed E-state index contributed by atoms with van der Waals surface area (Å²) < 4.78 is 16.3. The van der Waals surface area contributed by atoms with E-state index in [1.807, 2.05) is 11.9 Å². The third kappa shape index (κ3) is 5.01. The molecule has 1 aliphatic heterocycles. The number of halogens is 1. The molecule has 0 bridgehead atoms. The Kier molecular flexibility index (Phi) is 6.70. The lowest BCUT2D eigenvalue weighted by Crippen LogP contribution is -2.36. The monoisotopic (exact) mass is 497 g/mol. The fraction of sp³-hybridized carbons (Fsp3) is 0.458. The summed E-state index contributed by atoms with van der Waals surface area (Å²) >= 11 is 1.45. The Bertz CT molecular complexity index is 1320. The molecule has 2 N–H and O–H groups in total. The molecule has 1 fully saturated rings. The number of nitrogens with zero attached hydrogens (tertiary/aromatic N) is 5. The predicted molar refractivity (Wildman–Crippen MR) is 134 cm³/mol. The minimum atomic E-state index is -0.420. The van der Waals surface area contributed by atoms with Gasteiger partial charge in [0.1, 0.15) is 17.3 Å². The molecule has 4 heterocycles. The lowest BCUT2D eigenvalue weighted by atomic mass is 9.85. The zero-order valence-corrected chi connectivity index (χ0v) is 20.6. The molecule has 1 amide bonds. The maximum Gasteiger partial charge on any atom is 0.250 e. The maximum atomic E-state index is 14.8. The fourth-order valence-electron chi connectivity index (χ4n) is 4.93. The molecular formula is C24H28FN7O2S. The van der Waals surface area contributed by atoms with E-state index in [9.17, 15) is 14.0 Å². The molecule has 0 atom stereocenters. The number of aromatic nitrogens is 4. The molecule has 0 radical (unpaired) electrons. The van der Waals surface area contributed by atoms with E-state index < -0.39 is 5.82 Å². The second-order valence-electron chi connectivity index (χ2n) is 9.23. The molecule has 5 rings (SSSR count). The van der Waals surface area contributed by atoms with Gasteiger partial charge in [0.15, 0.2) is 5.82 Å². The summed E-state index contributed by atoms with van der Waals surface area (Å²) in [6, 6.07) is 3.46. The first kappa shape index (κ1) is 23.7. The number of carbonyl (C=O) groups is 1.